The molecule has 3 aromatic carbocycles. The molecule has 4 aliphatic rings. The molecule has 4 fully saturated rings. The number of aryl methyl sites for hydroxylation is 1. The van der Waals surface area contributed by atoms with E-state index in [0.29, 0.717) is 41.0 Å². The quantitative estimate of drug-likeness (QED) is 0.138. The minimum Gasteiger partial charge on any atom is -0.487 e. The molecule has 14 nitrogen and oxygen atoms in total. The summed E-state index contributed by atoms with van der Waals surface area (Å²) in [5.41, 5.74) is 6.05. The number of imide groups is 1. The number of ether oxygens (including phenoxy) is 1. The molecule has 1 unspecified atom stereocenters. The van der Waals surface area contributed by atoms with E-state index in [4.69, 9.17) is 31.2 Å². The first-order valence-corrected chi connectivity index (χ1v) is 22.8. The van der Waals surface area contributed by atoms with Gasteiger partial charge in [0.1, 0.15) is 18.4 Å². The molecule has 9 rings (SSSR count). The summed E-state index contributed by atoms with van der Waals surface area (Å²) < 4.78 is 41.1. The van der Waals surface area contributed by atoms with Crippen LogP contribution in [-0.2, 0) is 33.5 Å². The smallest absolute Gasteiger partial charge is 0.487 e. The zero-order valence-corrected chi connectivity index (χ0v) is 38.2. The fourth-order valence-corrected chi connectivity index (χ4v) is 10.4. The molecule has 1 aliphatic carbocycles. The number of aliphatic carboxylic acids is 1. The number of alkyl halides is 3. The molecule has 5 aromatic rings. The number of piperidine rings is 2. The number of carboxylic acid groups (broad SMARTS) is 1. The number of carbonyl (C=O) groups excluding carboxylic acids is 2. The maximum atomic E-state index is 13.3. The Balaban J connectivity index is 0.000000807. The molecule has 1 atom stereocenters. The molecular formula is C49H52ClF3N8O6. The lowest BCUT2D eigenvalue weighted by Crippen LogP contribution is -2.59. The number of amides is 2. The Labute approximate surface area is 390 Å². The van der Waals surface area contributed by atoms with Crippen molar-refractivity contribution in [2.75, 3.05) is 31.1 Å². The Morgan fingerprint density at radius 1 is 0.940 bits per heavy atom. The lowest BCUT2D eigenvalue weighted by Gasteiger charge is -2.54. The fourth-order valence-electron chi connectivity index (χ4n) is 10.2. The highest BCUT2D eigenvalue weighted by atomic mass is 35.5. The van der Waals surface area contributed by atoms with Gasteiger partial charge in [-0.05, 0) is 129 Å². The van der Waals surface area contributed by atoms with Gasteiger partial charge in [-0.3, -0.25) is 24.0 Å². The maximum Gasteiger partial charge on any atom is 0.490 e. The van der Waals surface area contributed by atoms with Gasteiger partial charge in [0, 0.05) is 54.6 Å². The number of halogens is 4. The first-order chi connectivity index (χ1) is 31.8. The van der Waals surface area contributed by atoms with Gasteiger partial charge in [-0.1, -0.05) is 43.6 Å². The number of fused-ring (bicyclic) bond motifs is 1. The number of carboxylic acids is 1. The summed E-state index contributed by atoms with van der Waals surface area (Å²) in [7, 11) is 1.76. The van der Waals surface area contributed by atoms with Crippen molar-refractivity contribution in [1.29, 1.82) is 5.26 Å². The van der Waals surface area contributed by atoms with Crippen LogP contribution in [0.25, 0.3) is 11.0 Å². The number of benzene rings is 3. The van der Waals surface area contributed by atoms with Gasteiger partial charge in [0.25, 0.3) is 0 Å². The second-order valence-corrected chi connectivity index (χ2v) is 19.2. The van der Waals surface area contributed by atoms with E-state index in [0.717, 1.165) is 78.6 Å². The van der Waals surface area contributed by atoms with E-state index in [9.17, 15) is 32.8 Å². The topological polar surface area (TPSA) is 176 Å². The van der Waals surface area contributed by atoms with Crippen molar-refractivity contribution in [3.63, 3.8) is 0 Å². The summed E-state index contributed by atoms with van der Waals surface area (Å²) in [5, 5.41) is 19.5. The third kappa shape index (κ3) is 10.1. The van der Waals surface area contributed by atoms with Gasteiger partial charge in [0.2, 0.25) is 17.8 Å². The molecule has 2 amide bonds. The summed E-state index contributed by atoms with van der Waals surface area (Å²) in [4.78, 5) is 61.1. The first-order valence-electron chi connectivity index (χ1n) is 22.4. The van der Waals surface area contributed by atoms with Crippen molar-refractivity contribution in [1.82, 2.24) is 29.3 Å². The summed E-state index contributed by atoms with van der Waals surface area (Å²) in [5.74, 6) is -1.49. The van der Waals surface area contributed by atoms with Crippen molar-refractivity contribution >= 4 is 46.4 Å². The number of anilines is 1. The predicted octanol–water partition coefficient (Wildman–Crippen LogP) is 7.80. The SMILES string of the molecule is Cn1c(=O)n(C2CCC(=O)NC2=O)c2ccc(C3CCN(C4CCC5(CC4)CN(c4nccc(COc6ccc(C(C)(C)c7cc(Cl)cc(C#N)c7)cc6)n4)C5)CC3)cc21.O=C(O)C(F)(F)F. The lowest BCUT2D eigenvalue weighted by atomic mass is 9.67. The van der Waals surface area contributed by atoms with Gasteiger partial charge < -0.3 is 19.6 Å². The van der Waals surface area contributed by atoms with Crippen molar-refractivity contribution < 1.29 is 37.4 Å². The average molecular weight is 941 g/mol. The molecule has 2 N–H and O–H groups in total. The highest BCUT2D eigenvalue weighted by Crippen LogP contribution is 2.46. The van der Waals surface area contributed by atoms with Crippen LogP contribution >= 0.6 is 11.6 Å². The molecule has 0 radical (unpaired) electrons. The number of hydrogen-bond donors (Lipinski definition) is 2. The number of rotatable bonds is 9. The van der Waals surface area contributed by atoms with Crippen molar-refractivity contribution in [2.24, 2.45) is 12.5 Å². The van der Waals surface area contributed by atoms with Crippen LogP contribution in [-0.4, -0.2) is 85.3 Å². The zero-order chi connectivity index (χ0) is 47.8. The van der Waals surface area contributed by atoms with Crippen LogP contribution < -0.4 is 20.6 Å². The van der Waals surface area contributed by atoms with Gasteiger partial charge in [-0.25, -0.2) is 19.6 Å². The van der Waals surface area contributed by atoms with Gasteiger partial charge in [0.05, 0.1) is 28.4 Å². The zero-order valence-electron chi connectivity index (χ0n) is 37.5. The van der Waals surface area contributed by atoms with Gasteiger partial charge in [-0.2, -0.15) is 18.4 Å². The average Bonchev–Trinajstić information content (AvgIpc) is 3.55. The molecule has 5 heterocycles. The Morgan fingerprint density at radius 3 is 2.27 bits per heavy atom. The van der Waals surface area contributed by atoms with Gasteiger partial charge in [-0.15, -0.1) is 0 Å². The van der Waals surface area contributed by atoms with Crippen LogP contribution in [0.3, 0.4) is 0 Å². The standard InChI is InChI=1S/C47H51ClN8O4.C2HF3O2/c1-46(2,34-22-30(26-49)23-35(48)25-34)33-5-7-38(8-6-33)60-27-36-14-19-50-44(51-36)55-28-47(29-55)17-12-37(13-18-47)54-20-15-31(16-21-54)32-4-9-39-41(24-32)53(3)45(59)56(39)40-10-11-42(57)52-43(40)58;3-2(4,5)1(6)7/h4-9,14,19,22-25,31,37,40H,10-13,15-18,20-21,27-29H2,1-3H3,(H,52,57,58);(H,6,7). The third-order valence-electron chi connectivity index (χ3n) is 14.2. The lowest BCUT2D eigenvalue weighted by molar-refractivity contribution is -0.192. The second-order valence-electron chi connectivity index (χ2n) is 18.8. The van der Waals surface area contributed by atoms with Crippen molar-refractivity contribution in [2.45, 2.75) is 101 Å². The van der Waals surface area contributed by atoms with E-state index < -0.39 is 24.1 Å². The summed E-state index contributed by atoms with van der Waals surface area (Å²) in [6.45, 7) is 8.71. The van der Waals surface area contributed by atoms with E-state index in [1.807, 2.05) is 42.6 Å². The van der Waals surface area contributed by atoms with Crippen LogP contribution in [0.1, 0.15) is 105 Å². The molecule has 2 aromatic heterocycles. The number of likely N-dealkylation sites (tertiary alicyclic amines) is 1. The van der Waals surface area contributed by atoms with E-state index in [2.05, 4.69) is 64.3 Å². The highest BCUT2D eigenvalue weighted by Gasteiger charge is 2.47. The molecule has 352 valence electrons. The van der Waals surface area contributed by atoms with Crippen LogP contribution in [0.2, 0.25) is 5.02 Å². The maximum absolute atomic E-state index is 13.3. The van der Waals surface area contributed by atoms with Gasteiger partial charge >= 0.3 is 17.8 Å². The number of imidazole rings is 1. The minimum atomic E-state index is -5.08. The molecule has 67 heavy (non-hydrogen) atoms. The highest BCUT2D eigenvalue weighted by molar-refractivity contribution is 6.30. The molecule has 3 saturated heterocycles. The van der Waals surface area contributed by atoms with Crippen LogP contribution in [0, 0.1) is 16.7 Å². The number of nitrogens with one attached hydrogen (secondary N) is 1. The largest absolute Gasteiger partial charge is 0.490 e. The van der Waals surface area contributed by atoms with E-state index >= 15 is 0 Å². The molecular weight excluding hydrogens is 889 g/mol. The summed E-state index contributed by atoms with van der Waals surface area (Å²) in [6.07, 6.45) is 4.34. The van der Waals surface area contributed by atoms with Crippen LogP contribution in [0.15, 0.2) is 77.7 Å². The molecule has 1 spiro atoms. The Kier molecular flexibility index (Phi) is 13.3. The van der Waals surface area contributed by atoms with E-state index in [-0.39, 0.29) is 23.4 Å². The molecule has 18 heteroatoms. The first kappa shape index (κ1) is 47.3. The van der Waals surface area contributed by atoms with Crippen molar-refractivity contribution in [3.8, 4) is 11.8 Å². The van der Waals surface area contributed by atoms with Crippen LogP contribution in [0.4, 0.5) is 19.1 Å². The van der Waals surface area contributed by atoms with Crippen LogP contribution in [0.5, 0.6) is 5.75 Å². The Morgan fingerprint density at radius 2 is 1.63 bits per heavy atom. The summed E-state index contributed by atoms with van der Waals surface area (Å²) >= 11 is 6.31. The Bertz CT molecular complexity index is 2780. The predicted molar refractivity (Wildman–Crippen MR) is 244 cm³/mol. The monoisotopic (exact) mass is 940 g/mol. The number of carbonyl (C=O) groups is 3. The molecule has 3 aliphatic heterocycles. The Hall–Kier alpha value is -6.25. The summed E-state index contributed by atoms with van der Waals surface area (Å²) in [6, 6.07) is 23.9. The minimum absolute atomic E-state index is 0.227. The second kappa shape index (κ2) is 18.8. The molecule has 0 bridgehead atoms. The third-order valence-corrected chi connectivity index (χ3v) is 14.4. The van der Waals surface area contributed by atoms with Crippen molar-refractivity contribution in [3.05, 3.63) is 116 Å². The van der Waals surface area contributed by atoms with E-state index in [1.54, 1.807) is 22.2 Å². The number of aromatic nitrogens is 4. The fraction of sp³-hybridized carbons (Fsp3) is 0.449. The van der Waals surface area contributed by atoms with Gasteiger partial charge in [0.15, 0.2) is 0 Å². The number of hydrogen-bond acceptors (Lipinski definition) is 10. The number of nitriles is 1. The van der Waals surface area contributed by atoms with E-state index in [1.165, 1.54) is 31.2 Å². The molecule has 1 saturated carbocycles. The normalized spacial score (nSPS) is 19.3. The number of nitrogens with zero attached hydrogens (tertiary/aromatic N) is 7.